The Morgan fingerprint density at radius 1 is 1.08 bits per heavy atom. The fraction of sp³-hybridized carbons (Fsp3) is 0.211. The molecule has 26 heavy (non-hydrogen) atoms. The van der Waals surface area contributed by atoms with Crippen molar-refractivity contribution in [2.24, 2.45) is 0 Å². The molecule has 134 valence electrons. The molecule has 0 aliphatic rings. The Bertz CT molecular complexity index is 860. The average Bonchev–Trinajstić information content (AvgIpc) is 2.68. The first-order valence-electron chi connectivity index (χ1n) is 8.31. The molecule has 0 aliphatic heterocycles. The number of benzene rings is 1. The molecule has 0 aliphatic carbocycles. The molecule has 0 saturated heterocycles. The van der Waals surface area contributed by atoms with Gasteiger partial charge in [-0.2, -0.15) is 4.98 Å². The second kappa shape index (κ2) is 8.60. The Labute approximate surface area is 157 Å². The first kappa shape index (κ1) is 18.1. The third kappa shape index (κ3) is 4.68. The second-order valence-electron chi connectivity index (χ2n) is 5.85. The zero-order chi connectivity index (χ0) is 18.4. The van der Waals surface area contributed by atoms with Crippen LogP contribution in [0.1, 0.15) is 12.5 Å². The number of nitrogens with one attached hydrogen (secondary N) is 2. The van der Waals surface area contributed by atoms with E-state index in [0.29, 0.717) is 29.0 Å². The predicted octanol–water partition coefficient (Wildman–Crippen LogP) is 3.60. The molecule has 6 nitrogen and oxygen atoms in total. The van der Waals surface area contributed by atoms with Crippen LogP contribution in [0, 0.1) is 0 Å². The van der Waals surface area contributed by atoms with Crippen LogP contribution in [0.2, 0.25) is 5.02 Å². The number of aromatic nitrogens is 3. The van der Waals surface area contributed by atoms with Crippen LogP contribution in [0.25, 0.3) is 11.4 Å². The summed E-state index contributed by atoms with van der Waals surface area (Å²) < 4.78 is 0. The molecule has 0 bridgehead atoms. The van der Waals surface area contributed by atoms with E-state index in [-0.39, 0.29) is 12.6 Å². The van der Waals surface area contributed by atoms with Gasteiger partial charge in [0.2, 0.25) is 5.95 Å². The highest BCUT2D eigenvalue weighted by Gasteiger charge is 2.10. The molecule has 0 amide bonds. The number of nitrogens with zero attached hydrogens (tertiary/aromatic N) is 3. The summed E-state index contributed by atoms with van der Waals surface area (Å²) in [5.41, 5.74) is 2.41. The molecule has 2 heterocycles. The van der Waals surface area contributed by atoms with Gasteiger partial charge in [-0.25, -0.2) is 4.98 Å². The second-order valence-corrected chi connectivity index (χ2v) is 6.26. The molecule has 1 aromatic carbocycles. The van der Waals surface area contributed by atoms with Crippen molar-refractivity contribution in [3.63, 3.8) is 0 Å². The Hall–Kier alpha value is -2.70. The minimum atomic E-state index is -0.162. The quantitative estimate of drug-likeness (QED) is 0.590. The lowest BCUT2D eigenvalue weighted by molar-refractivity contribution is 0.281. The van der Waals surface area contributed by atoms with Gasteiger partial charge in [0.1, 0.15) is 5.82 Å². The van der Waals surface area contributed by atoms with E-state index in [2.05, 4.69) is 25.6 Å². The summed E-state index contributed by atoms with van der Waals surface area (Å²) >= 11 is 6.21. The number of aliphatic hydroxyl groups is 1. The molecule has 3 rings (SSSR count). The molecular weight excluding hydrogens is 350 g/mol. The Morgan fingerprint density at radius 3 is 2.62 bits per heavy atom. The number of rotatable bonds is 7. The Morgan fingerprint density at radius 2 is 1.88 bits per heavy atom. The molecule has 0 fully saturated rings. The molecule has 0 unspecified atom stereocenters. The van der Waals surface area contributed by atoms with Crippen molar-refractivity contribution in [2.45, 2.75) is 19.5 Å². The lowest BCUT2D eigenvalue weighted by atomic mass is 10.2. The number of halogens is 1. The lowest BCUT2D eigenvalue weighted by Gasteiger charge is -2.14. The van der Waals surface area contributed by atoms with Crippen LogP contribution in [0.4, 0.5) is 11.8 Å². The van der Waals surface area contributed by atoms with Gasteiger partial charge in [0.15, 0.2) is 0 Å². The summed E-state index contributed by atoms with van der Waals surface area (Å²) in [5.74, 6) is 1.07. The summed E-state index contributed by atoms with van der Waals surface area (Å²) in [6.45, 7) is 2.38. The SMILES string of the molecule is C[C@@H](CO)Nc1nc(NCc2ccccc2Cl)cc(-c2ccccn2)n1. The standard InChI is InChI=1S/C19H20ClN5O/c1-13(12-26)23-19-24-17(16-8-4-5-9-21-16)10-18(25-19)22-11-14-6-2-3-7-15(14)20/h2-10,13,26H,11-12H2,1H3,(H2,22,23,24,25)/t13-/m0/s1. The Balaban J connectivity index is 1.88. The van der Waals surface area contributed by atoms with Crippen molar-refractivity contribution >= 4 is 23.4 Å². The third-order valence-corrected chi connectivity index (χ3v) is 4.09. The molecule has 0 spiro atoms. The van der Waals surface area contributed by atoms with Gasteiger partial charge in [-0.05, 0) is 30.7 Å². The largest absolute Gasteiger partial charge is 0.394 e. The van der Waals surface area contributed by atoms with Gasteiger partial charge in [0.25, 0.3) is 0 Å². The first-order valence-corrected chi connectivity index (χ1v) is 8.68. The van der Waals surface area contributed by atoms with Gasteiger partial charge in [-0.1, -0.05) is 35.9 Å². The Kier molecular flexibility index (Phi) is 5.99. The van der Waals surface area contributed by atoms with Crippen molar-refractivity contribution < 1.29 is 5.11 Å². The molecule has 2 aromatic heterocycles. The van der Waals surface area contributed by atoms with Crippen LogP contribution < -0.4 is 10.6 Å². The molecule has 1 atom stereocenters. The highest BCUT2D eigenvalue weighted by atomic mass is 35.5. The zero-order valence-electron chi connectivity index (χ0n) is 14.4. The van der Waals surface area contributed by atoms with Crippen molar-refractivity contribution in [1.82, 2.24) is 15.0 Å². The summed E-state index contributed by atoms with van der Waals surface area (Å²) in [6.07, 6.45) is 1.72. The van der Waals surface area contributed by atoms with Gasteiger partial charge in [-0.15, -0.1) is 0 Å². The van der Waals surface area contributed by atoms with Crippen molar-refractivity contribution in [2.75, 3.05) is 17.2 Å². The summed E-state index contributed by atoms with van der Waals surface area (Å²) in [7, 11) is 0. The van der Waals surface area contributed by atoms with Gasteiger partial charge in [-0.3, -0.25) is 4.98 Å². The van der Waals surface area contributed by atoms with E-state index in [1.54, 1.807) is 6.20 Å². The van der Waals surface area contributed by atoms with Crippen LogP contribution in [0.5, 0.6) is 0 Å². The van der Waals surface area contributed by atoms with Crippen LogP contribution in [-0.2, 0) is 6.54 Å². The van der Waals surface area contributed by atoms with Gasteiger partial charge >= 0.3 is 0 Å². The first-order chi connectivity index (χ1) is 12.7. The van der Waals surface area contributed by atoms with Gasteiger partial charge in [0, 0.05) is 29.9 Å². The summed E-state index contributed by atoms with van der Waals surface area (Å²) in [5, 5.41) is 16.3. The number of aliphatic hydroxyl groups excluding tert-OH is 1. The van der Waals surface area contributed by atoms with Crippen molar-refractivity contribution in [3.8, 4) is 11.4 Å². The fourth-order valence-corrected chi connectivity index (χ4v) is 2.54. The van der Waals surface area contributed by atoms with E-state index in [1.165, 1.54) is 0 Å². The van der Waals surface area contributed by atoms with E-state index < -0.39 is 0 Å². The maximum absolute atomic E-state index is 9.27. The summed E-state index contributed by atoms with van der Waals surface area (Å²) in [6, 6.07) is 15.0. The minimum absolute atomic E-state index is 0.0143. The maximum atomic E-state index is 9.27. The number of hydrogen-bond acceptors (Lipinski definition) is 6. The average molecular weight is 370 g/mol. The number of hydrogen-bond donors (Lipinski definition) is 3. The molecule has 3 aromatic rings. The van der Waals surface area contributed by atoms with Crippen molar-refractivity contribution in [3.05, 3.63) is 65.3 Å². The van der Waals surface area contributed by atoms with E-state index in [9.17, 15) is 5.11 Å². The van der Waals surface area contributed by atoms with Crippen LogP contribution in [-0.4, -0.2) is 32.7 Å². The molecule has 0 radical (unpaired) electrons. The third-order valence-electron chi connectivity index (χ3n) is 3.72. The zero-order valence-corrected chi connectivity index (χ0v) is 15.1. The van der Waals surface area contributed by atoms with E-state index in [4.69, 9.17) is 11.6 Å². The maximum Gasteiger partial charge on any atom is 0.225 e. The minimum Gasteiger partial charge on any atom is -0.394 e. The van der Waals surface area contributed by atoms with Crippen LogP contribution in [0.3, 0.4) is 0 Å². The van der Waals surface area contributed by atoms with E-state index >= 15 is 0 Å². The lowest BCUT2D eigenvalue weighted by Crippen LogP contribution is -2.21. The highest BCUT2D eigenvalue weighted by Crippen LogP contribution is 2.21. The molecular formula is C19H20ClN5O. The molecule has 3 N–H and O–H groups in total. The van der Waals surface area contributed by atoms with Gasteiger partial charge < -0.3 is 15.7 Å². The number of anilines is 2. The molecule has 0 saturated carbocycles. The normalized spacial score (nSPS) is 11.8. The van der Waals surface area contributed by atoms with Gasteiger partial charge in [0.05, 0.1) is 18.0 Å². The van der Waals surface area contributed by atoms with E-state index in [0.717, 1.165) is 11.3 Å². The van der Waals surface area contributed by atoms with Crippen LogP contribution >= 0.6 is 11.6 Å². The highest BCUT2D eigenvalue weighted by molar-refractivity contribution is 6.31. The van der Waals surface area contributed by atoms with Crippen molar-refractivity contribution in [1.29, 1.82) is 0 Å². The topological polar surface area (TPSA) is 83.0 Å². The summed E-state index contributed by atoms with van der Waals surface area (Å²) in [4.78, 5) is 13.3. The number of pyridine rings is 1. The molecule has 7 heteroatoms. The van der Waals surface area contributed by atoms with E-state index in [1.807, 2.05) is 55.5 Å². The smallest absolute Gasteiger partial charge is 0.225 e. The fourth-order valence-electron chi connectivity index (χ4n) is 2.34. The van der Waals surface area contributed by atoms with Crippen LogP contribution in [0.15, 0.2) is 54.7 Å². The predicted molar refractivity (Wildman–Crippen MR) is 104 cm³/mol. The monoisotopic (exact) mass is 369 g/mol.